The van der Waals surface area contributed by atoms with Crippen molar-refractivity contribution in [2.45, 2.75) is 30.1 Å². The Bertz CT molecular complexity index is 419. The van der Waals surface area contributed by atoms with Gasteiger partial charge in [0, 0.05) is 22.3 Å². The van der Waals surface area contributed by atoms with Crippen molar-refractivity contribution in [3.63, 3.8) is 0 Å². The summed E-state index contributed by atoms with van der Waals surface area (Å²) < 4.78 is 5.48. The van der Waals surface area contributed by atoms with Crippen molar-refractivity contribution in [2.24, 2.45) is 5.41 Å². The highest BCUT2D eigenvalue weighted by molar-refractivity contribution is 7.99. The summed E-state index contributed by atoms with van der Waals surface area (Å²) in [7, 11) is 0. The van der Waals surface area contributed by atoms with Crippen LogP contribution in [0.2, 0.25) is 0 Å². The van der Waals surface area contributed by atoms with Crippen LogP contribution < -0.4 is 0 Å². The third-order valence-corrected chi connectivity index (χ3v) is 5.48. The van der Waals surface area contributed by atoms with Crippen molar-refractivity contribution < 1.29 is 9.84 Å². The van der Waals surface area contributed by atoms with Crippen molar-refractivity contribution in [3.8, 4) is 0 Å². The maximum absolute atomic E-state index is 9.70. The van der Waals surface area contributed by atoms with Crippen LogP contribution in [0.25, 0.3) is 0 Å². The van der Waals surface area contributed by atoms with Crippen LogP contribution in [0.1, 0.15) is 25.3 Å². The van der Waals surface area contributed by atoms with Gasteiger partial charge >= 0.3 is 0 Å². The average molecular weight is 264 g/mol. The molecule has 0 unspecified atom stereocenters. The van der Waals surface area contributed by atoms with E-state index < -0.39 is 0 Å². The Morgan fingerprint density at radius 3 is 2.28 bits per heavy atom. The van der Waals surface area contributed by atoms with E-state index in [4.69, 9.17) is 4.74 Å². The summed E-state index contributed by atoms with van der Waals surface area (Å²) in [6, 6.07) is 8.88. The molecule has 0 spiro atoms. The molecule has 98 valence electrons. The number of hydrogen-bond acceptors (Lipinski definition) is 3. The van der Waals surface area contributed by atoms with Crippen LogP contribution in [-0.4, -0.2) is 30.7 Å². The van der Waals surface area contributed by atoms with Gasteiger partial charge in [-0.2, -0.15) is 0 Å². The molecule has 0 aromatic heterocycles. The monoisotopic (exact) mass is 264 g/mol. The van der Waals surface area contributed by atoms with E-state index in [1.807, 2.05) is 11.8 Å². The Kier molecular flexibility index (Phi) is 3.16. The van der Waals surface area contributed by atoms with Gasteiger partial charge in [-0.15, -0.1) is 11.8 Å². The summed E-state index contributed by atoms with van der Waals surface area (Å²) >= 11 is 1.87. The molecule has 3 rings (SSSR count). The summed E-state index contributed by atoms with van der Waals surface area (Å²) in [5, 5.41) is 9.70. The topological polar surface area (TPSA) is 29.5 Å². The minimum Gasteiger partial charge on any atom is -0.396 e. The lowest BCUT2D eigenvalue weighted by molar-refractivity contribution is -0.110. The van der Waals surface area contributed by atoms with Crippen LogP contribution in [0.3, 0.4) is 0 Å². The molecule has 0 bridgehead atoms. The Morgan fingerprint density at radius 1 is 1.22 bits per heavy atom. The van der Waals surface area contributed by atoms with Crippen molar-refractivity contribution in [3.05, 3.63) is 29.8 Å². The molecule has 2 fully saturated rings. The van der Waals surface area contributed by atoms with Gasteiger partial charge in [-0.1, -0.05) is 19.1 Å². The lowest BCUT2D eigenvalue weighted by Crippen LogP contribution is -2.54. The summed E-state index contributed by atoms with van der Waals surface area (Å²) in [5.41, 5.74) is 1.53. The molecule has 2 nitrogen and oxygen atoms in total. The van der Waals surface area contributed by atoms with Gasteiger partial charge < -0.3 is 9.84 Å². The van der Waals surface area contributed by atoms with E-state index in [0.29, 0.717) is 6.61 Å². The second-order valence-electron chi connectivity index (χ2n) is 5.47. The zero-order valence-corrected chi connectivity index (χ0v) is 11.6. The fourth-order valence-electron chi connectivity index (χ4n) is 3.06. The Labute approximate surface area is 113 Å². The molecule has 1 aliphatic carbocycles. The molecular formula is C15H20O2S. The van der Waals surface area contributed by atoms with Crippen molar-refractivity contribution in [1.82, 2.24) is 0 Å². The smallest absolute Gasteiger partial charge is 0.0591 e. The second kappa shape index (κ2) is 4.55. The predicted octanol–water partition coefficient (Wildman–Crippen LogP) is 2.84. The molecule has 1 heterocycles. The number of hydrogen-bond donors (Lipinski definition) is 1. The van der Waals surface area contributed by atoms with E-state index in [1.165, 1.54) is 10.5 Å². The van der Waals surface area contributed by atoms with E-state index in [1.54, 1.807) is 0 Å². The first-order valence-corrected chi connectivity index (χ1v) is 7.67. The Balaban J connectivity index is 1.88. The highest BCUT2D eigenvalue weighted by Crippen LogP contribution is 2.62. The van der Waals surface area contributed by atoms with Crippen LogP contribution in [-0.2, 0) is 10.2 Å². The third-order valence-electron chi connectivity index (χ3n) is 4.59. The SMILES string of the molecule is CCSc1ccc(C2(C3(CO)CC3)COC2)cc1. The highest BCUT2D eigenvalue weighted by atomic mass is 32.2. The second-order valence-corrected chi connectivity index (χ2v) is 6.81. The molecule has 1 aliphatic heterocycles. The molecule has 3 heteroatoms. The number of thioether (sulfide) groups is 1. The highest BCUT2D eigenvalue weighted by Gasteiger charge is 2.63. The van der Waals surface area contributed by atoms with E-state index in [0.717, 1.165) is 31.8 Å². The van der Waals surface area contributed by atoms with Crippen molar-refractivity contribution >= 4 is 11.8 Å². The van der Waals surface area contributed by atoms with Crippen LogP contribution >= 0.6 is 11.8 Å². The first-order chi connectivity index (χ1) is 8.76. The first-order valence-electron chi connectivity index (χ1n) is 6.68. The maximum Gasteiger partial charge on any atom is 0.0591 e. The van der Waals surface area contributed by atoms with Crippen molar-refractivity contribution in [1.29, 1.82) is 0 Å². The van der Waals surface area contributed by atoms with E-state index in [-0.39, 0.29) is 10.8 Å². The number of aliphatic hydroxyl groups excluding tert-OH is 1. The van der Waals surface area contributed by atoms with Gasteiger partial charge in [0.05, 0.1) is 13.2 Å². The molecule has 0 amide bonds. The molecule has 1 N–H and O–H groups in total. The zero-order valence-electron chi connectivity index (χ0n) is 10.8. The molecule has 1 aromatic rings. The summed E-state index contributed by atoms with van der Waals surface area (Å²) in [5.74, 6) is 1.11. The fraction of sp³-hybridized carbons (Fsp3) is 0.600. The molecule has 0 atom stereocenters. The van der Waals surface area contributed by atoms with Gasteiger partial charge in [-0.3, -0.25) is 0 Å². The standard InChI is InChI=1S/C15H20O2S/c1-2-18-13-5-3-12(4-6-13)15(10-17-11-15)14(9-16)7-8-14/h3-6,16H,2,7-11H2,1H3. The summed E-state index contributed by atoms with van der Waals surface area (Å²) in [6.07, 6.45) is 2.27. The normalized spacial score (nSPS) is 23.4. The van der Waals surface area contributed by atoms with E-state index in [2.05, 4.69) is 31.2 Å². The minimum atomic E-state index is 0.0805. The quantitative estimate of drug-likeness (QED) is 0.829. The molecule has 0 radical (unpaired) electrons. The first kappa shape index (κ1) is 12.5. The number of aliphatic hydroxyl groups is 1. The third kappa shape index (κ3) is 1.72. The Hall–Kier alpha value is -0.510. The number of ether oxygens (including phenoxy) is 1. The molecular weight excluding hydrogens is 244 g/mol. The van der Waals surface area contributed by atoms with Gasteiger partial charge in [0.15, 0.2) is 0 Å². The Morgan fingerprint density at radius 2 is 1.89 bits per heavy atom. The lowest BCUT2D eigenvalue weighted by Gasteiger charge is -2.48. The van der Waals surface area contributed by atoms with Crippen LogP contribution in [0.5, 0.6) is 0 Å². The fourth-order valence-corrected chi connectivity index (χ4v) is 3.72. The number of benzene rings is 1. The van der Waals surface area contributed by atoms with Crippen LogP contribution in [0.4, 0.5) is 0 Å². The van der Waals surface area contributed by atoms with Gasteiger partial charge in [-0.05, 0) is 36.3 Å². The van der Waals surface area contributed by atoms with Gasteiger partial charge in [0.25, 0.3) is 0 Å². The van der Waals surface area contributed by atoms with E-state index >= 15 is 0 Å². The van der Waals surface area contributed by atoms with E-state index in [9.17, 15) is 5.11 Å². The lowest BCUT2D eigenvalue weighted by atomic mass is 9.66. The minimum absolute atomic E-state index is 0.0805. The zero-order chi connectivity index (χ0) is 12.6. The summed E-state index contributed by atoms with van der Waals surface area (Å²) in [6.45, 7) is 4.01. The molecule has 1 saturated carbocycles. The number of rotatable bonds is 5. The largest absolute Gasteiger partial charge is 0.396 e. The predicted molar refractivity (Wildman–Crippen MR) is 74.1 cm³/mol. The van der Waals surface area contributed by atoms with Gasteiger partial charge in [0.1, 0.15) is 0 Å². The van der Waals surface area contributed by atoms with Gasteiger partial charge in [-0.25, -0.2) is 0 Å². The van der Waals surface area contributed by atoms with Crippen LogP contribution in [0, 0.1) is 5.41 Å². The van der Waals surface area contributed by atoms with Gasteiger partial charge in [0.2, 0.25) is 0 Å². The molecule has 18 heavy (non-hydrogen) atoms. The maximum atomic E-state index is 9.70. The van der Waals surface area contributed by atoms with Crippen molar-refractivity contribution in [2.75, 3.05) is 25.6 Å². The summed E-state index contributed by atoms with van der Waals surface area (Å²) in [4.78, 5) is 1.32. The molecule has 1 aromatic carbocycles. The van der Waals surface area contributed by atoms with Crippen LogP contribution in [0.15, 0.2) is 29.2 Å². The molecule has 1 saturated heterocycles. The average Bonchev–Trinajstić information content (AvgIpc) is 3.12. The molecule has 2 aliphatic rings.